The zero-order valence-corrected chi connectivity index (χ0v) is 14.8. The van der Waals surface area contributed by atoms with Crippen molar-refractivity contribution >= 4 is 21.6 Å². The lowest BCUT2D eigenvalue weighted by Crippen LogP contribution is -2.38. The predicted octanol–water partition coefficient (Wildman–Crippen LogP) is 0.570. The smallest absolute Gasteiger partial charge is 0.258 e. The van der Waals surface area contributed by atoms with Crippen molar-refractivity contribution in [3.05, 3.63) is 29.7 Å². The molecule has 0 unspecified atom stereocenters. The third kappa shape index (κ3) is 3.01. The number of carbonyl (C=O) groups excluding carboxylic acids is 1. The zero-order valence-electron chi connectivity index (χ0n) is 14.0. The van der Waals surface area contributed by atoms with E-state index in [0.29, 0.717) is 24.3 Å². The van der Waals surface area contributed by atoms with Crippen molar-refractivity contribution in [2.24, 2.45) is 0 Å². The van der Waals surface area contributed by atoms with E-state index in [1.54, 1.807) is 24.8 Å². The number of fused-ring (bicyclic) bond motifs is 1. The van der Waals surface area contributed by atoms with E-state index in [4.69, 9.17) is 0 Å². The molecule has 0 spiro atoms. The van der Waals surface area contributed by atoms with Gasteiger partial charge in [-0.3, -0.25) is 4.79 Å². The Morgan fingerprint density at radius 3 is 2.79 bits per heavy atom. The summed E-state index contributed by atoms with van der Waals surface area (Å²) in [5.41, 5.74) is 1.83. The van der Waals surface area contributed by atoms with Gasteiger partial charge in [-0.25, -0.2) is 22.2 Å². The van der Waals surface area contributed by atoms with Crippen molar-refractivity contribution in [1.82, 2.24) is 23.8 Å². The average molecular weight is 351 g/mol. The first-order valence-electron chi connectivity index (χ1n) is 7.78. The van der Waals surface area contributed by atoms with Gasteiger partial charge in [0.05, 0.1) is 18.1 Å². The first-order valence-corrected chi connectivity index (χ1v) is 9.63. The van der Waals surface area contributed by atoms with Crippen LogP contribution in [0.1, 0.15) is 34.8 Å². The second-order valence-electron chi connectivity index (χ2n) is 6.32. The standard InChI is InChI=1S/C15H21N5O3S/c1-18(2)15(21)12-9-17-20-13(6-7-16-14(12)20)11-5-4-8-19(10-11)24(3,22)23/h6-7,9,11H,4-5,8,10H2,1-3H3/t11-/m1/s1. The lowest BCUT2D eigenvalue weighted by Gasteiger charge is -2.31. The molecule has 130 valence electrons. The molecule has 0 saturated carbocycles. The molecule has 1 fully saturated rings. The van der Waals surface area contributed by atoms with E-state index in [1.807, 2.05) is 6.07 Å². The summed E-state index contributed by atoms with van der Waals surface area (Å²) >= 11 is 0. The van der Waals surface area contributed by atoms with Gasteiger partial charge < -0.3 is 4.90 Å². The Hall–Kier alpha value is -2.00. The average Bonchev–Trinajstić information content (AvgIpc) is 2.97. The van der Waals surface area contributed by atoms with Gasteiger partial charge in [0.2, 0.25) is 10.0 Å². The Kier molecular flexibility index (Phi) is 4.31. The highest BCUT2D eigenvalue weighted by atomic mass is 32.2. The van der Waals surface area contributed by atoms with E-state index < -0.39 is 10.0 Å². The van der Waals surface area contributed by atoms with Gasteiger partial charge in [0.25, 0.3) is 5.91 Å². The van der Waals surface area contributed by atoms with Gasteiger partial charge in [0.15, 0.2) is 5.65 Å². The minimum absolute atomic E-state index is 0.0289. The van der Waals surface area contributed by atoms with Crippen LogP contribution in [0.3, 0.4) is 0 Å². The van der Waals surface area contributed by atoms with Crippen LogP contribution in [0, 0.1) is 0 Å². The molecule has 2 aromatic rings. The lowest BCUT2D eigenvalue weighted by atomic mass is 9.96. The van der Waals surface area contributed by atoms with Crippen LogP contribution < -0.4 is 0 Å². The van der Waals surface area contributed by atoms with Crippen molar-refractivity contribution in [2.75, 3.05) is 33.4 Å². The molecular weight excluding hydrogens is 330 g/mol. The Labute approximate surface area is 141 Å². The number of rotatable bonds is 3. The fraction of sp³-hybridized carbons (Fsp3) is 0.533. The molecule has 9 heteroatoms. The monoisotopic (exact) mass is 351 g/mol. The molecular formula is C15H21N5O3S. The summed E-state index contributed by atoms with van der Waals surface area (Å²) in [7, 11) is 0.150. The van der Waals surface area contributed by atoms with E-state index in [1.165, 1.54) is 21.7 Å². The number of nitrogens with zero attached hydrogens (tertiary/aromatic N) is 5. The van der Waals surface area contributed by atoms with Crippen LogP contribution in [0.4, 0.5) is 0 Å². The Bertz CT molecular complexity index is 874. The number of sulfonamides is 1. The highest BCUT2D eigenvalue weighted by Gasteiger charge is 2.29. The third-order valence-electron chi connectivity index (χ3n) is 4.34. The Morgan fingerprint density at radius 1 is 1.38 bits per heavy atom. The molecule has 0 aliphatic carbocycles. The van der Waals surface area contributed by atoms with Crippen LogP contribution in [0.25, 0.3) is 5.65 Å². The Morgan fingerprint density at radius 2 is 2.12 bits per heavy atom. The summed E-state index contributed by atoms with van der Waals surface area (Å²) < 4.78 is 26.8. The molecule has 1 atom stereocenters. The quantitative estimate of drug-likeness (QED) is 0.807. The molecule has 8 nitrogen and oxygen atoms in total. The number of amides is 1. The minimum atomic E-state index is -3.21. The lowest BCUT2D eigenvalue weighted by molar-refractivity contribution is 0.0829. The number of piperidine rings is 1. The Balaban J connectivity index is 2.00. The van der Waals surface area contributed by atoms with Crippen LogP contribution in [0.15, 0.2) is 18.5 Å². The fourth-order valence-electron chi connectivity index (χ4n) is 3.10. The summed E-state index contributed by atoms with van der Waals surface area (Å²) in [6.07, 6.45) is 6.08. The maximum absolute atomic E-state index is 12.2. The zero-order chi connectivity index (χ0) is 17.5. The van der Waals surface area contributed by atoms with Crippen LogP contribution >= 0.6 is 0 Å². The number of aromatic nitrogens is 3. The van der Waals surface area contributed by atoms with Crippen LogP contribution in [-0.4, -0.2) is 71.6 Å². The molecule has 1 aliphatic heterocycles. The SMILES string of the molecule is CN(C)C(=O)c1cnn2c([C@@H]3CCCN(S(C)(=O)=O)C3)ccnc12. The van der Waals surface area contributed by atoms with Gasteiger partial charge in [-0.15, -0.1) is 0 Å². The summed E-state index contributed by atoms with van der Waals surface area (Å²) in [5.74, 6) is -0.128. The summed E-state index contributed by atoms with van der Waals surface area (Å²) in [4.78, 5) is 18.0. The fourth-order valence-corrected chi connectivity index (χ4v) is 4.01. The molecule has 1 amide bonds. The number of hydrogen-bond acceptors (Lipinski definition) is 5. The summed E-state index contributed by atoms with van der Waals surface area (Å²) in [5, 5.41) is 4.32. The molecule has 0 radical (unpaired) electrons. The van der Waals surface area contributed by atoms with Crippen molar-refractivity contribution in [2.45, 2.75) is 18.8 Å². The maximum atomic E-state index is 12.2. The van der Waals surface area contributed by atoms with E-state index in [9.17, 15) is 13.2 Å². The third-order valence-corrected chi connectivity index (χ3v) is 5.61. The number of carbonyl (C=O) groups is 1. The van der Waals surface area contributed by atoms with Gasteiger partial charge in [0.1, 0.15) is 5.56 Å². The molecule has 1 aliphatic rings. The largest absolute Gasteiger partial charge is 0.345 e. The predicted molar refractivity (Wildman–Crippen MR) is 89.4 cm³/mol. The van der Waals surface area contributed by atoms with E-state index >= 15 is 0 Å². The van der Waals surface area contributed by atoms with Gasteiger partial charge in [-0.2, -0.15) is 5.10 Å². The van der Waals surface area contributed by atoms with Crippen molar-refractivity contribution < 1.29 is 13.2 Å². The van der Waals surface area contributed by atoms with E-state index in [0.717, 1.165) is 18.5 Å². The molecule has 0 bridgehead atoms. The van der Waals surface area contributed by atoms with Gasteiger partial charge >= 0.3 is 0 Å². The first kappa shape index (κ1) is 16.8. The second kappa shape index (κ2) is 6.14. The van der Waals surface area contributed by atoms with Crippen molar-refractivity contribution in [3.63, 3.8) is 0 Å². The molecule has 1 saturated heterocycles. The van der Waals surface area contributed by atoms with Crippen molar-refractivity contribution in [3.8, 4) is 0 Å². The molecule has 24 heavy (non-hydrogen) atoms. The van der Waals surface area contributed by atoms with Gasteiger partial charge in [-0.05, 0) is 18.9 Å². The van der Waals surface area contributed by atoms with Crippen molar-refractivity contribution in [1.29, 1.82) is 0 Å². The molecule has 3 rings (SSSR count). The summed E-state index contributed by atoms with van der Waals surface area (Å²) in [6.45, 7) is 0.974. The van der Waals surface area contributed by atoms with Gasteiger partial charge in [0, 0.05) is 39.3 Å². The second-order valence-corrected chi connectivity index (χ2v) is 8.31. The summed E-state index contributed by atoms with van der Waals surface area (Å²) in [6, 6.07) is 1.85. The normalized spacial score (nSPS) is 19.5. The van der Waals surface area contributed by atoms with Crippen LogP contribution in [0.5, 0.6) is 0 Å². The van der Waals surface area contributed by atoms with Crippen LogP contribution in [0.2, 0.25) is 0 Å². The van der Waals surface area contributed by atoms with E-state index in [2.05, 4.69) is 10.1 Å². The molecule has 0 aromatic carbocycles. The first-order chi connectivity index (χ1) is 11.3. The maximum Gasteiger partial charge on any atom is 0.258 e. The molecule has 0 N–H and O–H groups in total. The van der Waals surface area contributed by atoms with Gasteiger partial charge in [-0.1, -0.05) is 0 Å². The topological polar surface area (TPSA) is 87.9 Å². The highest BCUT2D eigenvalue weighted by molar-refractivity contribution is 7.88. The minimum Gasteiger partial charge on any atom is -0.345 e. The molecule has 3 heterocycles. The highest BCUT2D eigenvalue weighted by Crippen LogP contribution is 2.28. The molecule has 2 aromatic heterocycles. The van der Waals surface area contributed by atoms with E-state index in [-0.39, 0.29) is 11.8 Å². The number of hydrogen-bond donors (Lipinski definition) is 0. The van der Waals surface area contributed by atoms with Crippen LogP contribution in [-0.2, 0) is 10.0 Å².